The van der Waals surface area contributed by atoms with Crippen molar-refractivity contribution in [2.45, 2.75) is 51.5 Å². The summed E-state index contributed by atoms with van der Waals surface area (Å²) >= 11 is 0. The molecule has 0 heterocycles. The van der Waals surface area contributed by atoms with Gasteiger partial charge in [0.2, 0.25) is 5.91 Å². The second kappa shape index (κ2) is 5.72. The van der Waals surface area contributed by atoms with Crippen LogP contribution in [0.25, 0.3) is 0 Å². The topological polar surface area (TPSA) is 66.4 Å². The molecule has 4 heteroatoms. The van der Waals surface area contributed by atoms with Gasteiger partial charge in [-0.1, -0.05) is 25.7 Å². The average molecular weight is 237 g/mol. The first-order valence-corrected chi connectivity index (χ1v) is 6.03. The molecule has 94 valence electrons. The molecule has 1 saturated carbocycles. The number of aliphatic carboxylic acids is 1. The fourth-order valence-corrected chi connectivity index (χ4v) is 2.33. The lowest BCUT2D eigenvalue weighted by molar-refractivity contribution is -0.151. The van der Waals surface area contributed by atoms with Gasteiger partial charge in [0.05, 0.1) is 11.5 Å². The Labute approximate surface area is 102 Å². The summed E-state index contributed by atoms with van der Waals surface area (Å²) in [5, 5.41) is 11.9. The number of carboxylic acid groups (broad SMARTS) is 1. The highest BCUT2D eigenvalue weighted by Crippen LogP contribution is 2.41. The van der Waals surface area contributed by atoms with Gasteiger partial charge in [0.25, 0.3) is 0 Å². The Balaban J connectivity index is 2.60. The van der Waals surface area contributed by atoms with E-state index in [0.717, 1.165) is 12.8 Å². The Hall–Kier alpha value is -1.50. The molecule has 0 aromatic rings. The van der Waals surface area contributed by atoms with Crippen LogP contribution in [-0.4, -0.2) is 23.0 Å². The molecule has 0 aromatic carbocycles. The summed E-state index contributed by atoms with van der Waals surface area (Å²) in [5.41, 5.74) is -0.864. The molecule has 2 N–H and O–H groups in total. The summed E-state index contributed by atoms with van der Waals surface area (Å²) in [7, 11) is 0. The molecule has 1 fully saturated rings. The maximum atomic E-state index is 11.8. The first kappa shape index (κ1) is 13.6. The van der Waals surface area contributed by atoms with Crippen LogP contribution in [0, 0.1) is 17.8 Å². The van der Waals surface area contributed by atoms with E-state index in [4.69, 9.17) is 6.42 Å². The van der Waals surface area contributed by atoms with Crippen molar-refractivity contribution < 1.29 is 14.7 Å². The number of carbonyl (C=O) groups is 2. The number of terminal acetylenes is 1. The van der Waals surface area contributed by atoms with Gasteiger partial charge in [-0.3, -0.25) is 9.59 Å². The van der Waals surface area contributed by atoms with E-state index >= 15 is 0 Å². The molecule has 1 aliphatic rings. The zero-order chi connectivity index (χ0) is 12.9. The maximum Gasteiger partial charge on any atom is 0.310 e. The molecular weight excluding hydrogens is 218 g/mol. The van der Waals surface area contributed by atoms with Gasteiger partial charge in [-0.15, -0.1) is 6.42 Å². The van der Waals surface area contributed by atoms with Crippen LogP contribution in [-0.2, 0) is 9.59 Å². The van der Waals surface area contributed by atoms with Gasteiger partial charge < -0.3 is 10.4 Å². The molecule has 1 rings (SSSR count). The van der Waals surface area contributed by atoms with E-state index < -0.39 is 11.4 Å². The van der Waals surface area contributed by atoms with Crippen molar-refractivity contribution >= 4 is 11.9 Å². The standard InChI is InChI=1S/C13H19NO3/c1-3-10(4-2)14-11(15)9-13(12(16)17)7-5-6-8-13/h1,10H,4-9H2,2H3,(H,14,15)(H,16,17). The Morgan fingerprint density at radius 1 is 1.47 bits per heavy atom. The molecule has 0 radical (unpaired) electrons. The molecule has 0 saturated heterocycles. The highest BCUT2D eigenvalue weighted by molar-refractivity contribution is 5.85. The summed E-state index contributed by atoms with van der Waals surface area (Å²) in [6.07, 6.45) is 8.88. The number of rotatable bonds is 5. The zero-order valence-electron chi connectivity index (χ0n) is 10.2. The zero-order valence-corrected chi connectivity index (χ0v) is 10.2. The van der Waals surface area contributed by atoms with Crippen LogP contribution >= 0.6 is 0 Å². The minimum atomic E-state index is -0.864. The van der Waals surface area contributed by atoms with Gasteiger partial charge in [0.15, 0.2) is 0 Å². The number of hydrogen-bond acceptors (Lipinski definition) is 2. The molecule has 0 aromatic heterocycles. The first-order chi connectivity index (χ1) is 8.04. The second-order valence-corrected chi connectivity index (χ2v) is 4.66. The van der Waals surface area contributed by atoms with Crippen LogP contribution in [0.5, 0.6) is 0 Å². The van der Waals surface area contributed by atoms with Crippen molar-refractivity contribution in [3.05, 3.63) is 0 Å². The van der Waals surface area contributed by atoms with Gasteiger partial charge in [-0.2, -0.15) is 0 Å². The predicted octanol–water partition coefficient (Wildman–Crippen LogP) is 1.55. The summed E-state index contributed by atoms with van der Waals surface area (Å²) in [4.78, 5) is 23.0. The molecule has 1 amide bonds. The molecule has 0 spiro atoms. The predicted molar refractivity (Wildman–Crippen MR) is 64.2 cm³/mol. The number of nitrogens with one attached hydrogen (secondary N) is 1. The fraction of sp³-hybridized carbons (Fsp3) is 0.692. The van der Waals surface area contributed by atoms with Crippen molar-refractivity contribution in [1.82, 2.24) is 5.32 Å². The largest absolute Gasteiger partial charge is 0.481 e. The highest BCUT2D eigenvalue weighted by Gasteiger charge is 2.43. The number of hydrogen-bond donors (Lipinski definition) is 2. The van der Waals surface area contributed by atoms with Crippen LogP contribution in [0.15, 0.2) is 0 Å². The van der Waals surface area contributed by atoms with Gasteiger partial charge >= 0.3 is 5.97 Å². The van der Waals surface area contributed by atoms with Gasteiger partial charge in [-0.25, -0.2) is 0 Å². The summed E-state index contributed by atoms with van der Waals surface area (Å²) in [5.74, 6) is 1.36. The lowest BCUT2D eigenvalue weighted by Gasteiger charge is -2.23. The normalized spacial score (nSPS) is 19.3. The first-order valence-electron chi connectivity index (χ1n) is 6.03. The number of carboxylic acids is 1. The van der Waals surface area contributed by atoms with Crippen LogP contribution in [0.3, 0.4) is 0 Å². The Morgan fingerprint density at radius 2 is 2.06 bits per heavy atom. The molecule has 1 atom stereocenters. The van der Waals surface area contributed by atoms with E-state index in [9.17, 15) is 14.7 Å². The summed E-state index contributed by atoms with van der Waals surface area (Å²) in [6.45, 7) is 1.88. The van der Waals surface area contributed by atoms with E-state index in [1.54, 1.807) is 0 Å². The number of amides is 1. The SMILES string of the molecule is C#CC(CC)NC(=O)CC1(C(=O)O)CCCC1. The molecule has 0 aliphatic heterocycles. The molecule has 0 bridgehead atoms. The average Bonchev–Trinajstić information content (AvgIpc) is 2.75. The van der Waals surface area contributed by atoms with Crippen LogP contribution in [0.1, 0.15) is 45.4 Å². The van der Waals surface area contributed by atoms with Gasteiger partial charge in [0, 0.05) is 6.42 Å². The van der Waals surface area contributed by atoms with E-state index in [2.05, 4.69) is 11.2 Å². The minimum absolute atomic E-state index is 0.0422. The Kier molecular flexibility index (Phi) is 4.56. The molecule has 1 unspecified atom stereocenters. The fourth-order valence-electron chi connectivity index (χ4n) is 2.33. The van der Waals surface area contributed by atoms with Crippen molar-refractivity contribution in [2.24, 2.45) is 5.41 Å². The van der Waals surface area contributed by atoms with Crippen LogP contribution < -0.4 is 5.32 Å². The van der Waals surface area contributed by atoms with Gasteiger partial charge in [-0.05, 0) is 19.3 Å². The van der Waals surface area contributed by atoms with E-state index in [1.165, 1.54) is 0 Å². The third-order valence-electron chi connectivity index (χ3n) is 3.46. The molecule has 1 aliphatic carbocycles. The van der Waals surface area contributed by atoms with Crippen molar-refractivity contribution in [2.75, 3.05) is 0 Å². The third kappa shape index (κ3) is 3.23. The molecular formula is C13H19NO3. The van der Waals surface area contributed by atoms with Gasteiger partial charge in [0.1, 0.15) is 0 Å². The van der Waals surface area contributed by atoms with Crippen LogP contribution in [0.4, 0.5) is 0 Å². The number of carbonyl (C=O) groups excluding carboxylic acids is 1. The lowest BCUT2D eigenvalue weighted by atomic mass is 9.82. The van der Waals surface area contributed by atoms with E-state index in [-0.39, 0.29) is 18.4 Å². The highest BCUT2D eigenvalue weighted by atomic mass is 16.4. The smallest absolute Gasteiger partial charge is 0.310 e. The maximum absolute atomic E-state index is 11.8. The van der Waals surface area contributed by atoms with Crippen molar-refractivity contribution in [3.63, 3.8) is 0 Å². The third-order valence-corrected chi connectivity index (χ3v) is 3.46. The summed E-state index contributed by atoms with van der Waals surface area (Å²) < 4.78 is 0. The quantitative estimate of drug-likeness (QED) is 0.713. The Bertz CT molecular complexity index is 337. The monoisotopic (exact) mass is 237 g/mol. The molecule has 4 nitrogen and oxygen atoms in total. The molecule has 17 heavy (non-hydrogen) atoms. The summed E-state index contributed by atoms with van der Waals surface area (Å²) in [6, 6.07) is -0.297. The Morgan fingerprint density at radius 3 is 2.47 bits per heavy atom. The van der Waals surface area contributed by atoms with Crippen molar-refractivity contribution in [1.29, 1.82) is 0 Å². The van der Waals surface area contributed by atoms with E-state index in [1.807, 2.05) is 6.92 Å². The van der Waals surface area contributed by atoms with E-state index in [0.29, 0.717) is 19.3 Å². The van der Waals surface area contributed by atoms with Crippen LogP contribution in [0.2, 0.25) is 0 Å². The minimum Gasteiger partial charge on any atom is -0.481 e. The lowest BCUT2D eigenvalue weighted by Crippen LogP contribution is -2.39. The van der Waals surface area contributed by atoms with Crippen molar-refractivity contribution in [3.8, 4) is 12.3 Å². The second-order valence-electron chi connectivity index (χ2n) is 4.66.